The summed E-state index contributed by atoms with van der Waals surface area (Å²) in [6.45, 7) is 23.1. The molecule has 1 aliphatic carbocycles. The van der Waals surface area contributed by atoms with Crippen LogP contribution in [0.25, 0.3) is 0 Å². The fourth-order valence-electron chi connectivity index (χ4n) is 13.3. The van der Waals surface area contributed by atoms with Crippen LogP contribution in [0.15, 0.2) is 0 Å². The van der Waals surface area contributed by atoms with Gasteiger partial charge in [-0.15, -0.1) is 0 Å². The molecule has 7 heterocycles. The maximum absolute atomic E-state index is 14.2. The van der Waals surface area contributed by atoms with Crippen molar-refractivity contribution in [3.63, 3.8) is 0 Å². The number of ketones is 1. The molecule has 1 unspecified atom stereocenters. The molecule has 0 aromatic rings. The van der Waals surface area contributed by atoms with Gasteiger partial charge in [-0.05, 0) is 107 Å². The van der Waals surface area contributed by atoms with Gasteiger partial charge >= 0.3 is 11.9 Å². The summed E-state index contributed by atoms with van der Waals surface area (Å²) in [5, 5.41) is 45.6. The summed E-state index contributed by atoms with van der Waals surface area (Å²) in [5.41, 5.74) is -4.85. The standard InChI is InChI=1S/C38H69NO13.C15H22O5/c1-15-26-38(10,45)31(42)21(4)28(40)19(2)17-37(9,47-14)33(52-35-29(41)25(39(11)12)16-20(3)48-35)22(5)30(23(6)34(44)50-26)51-27-18-36(8,46-13)32(43)24(7)49-27;1-8-4-5-11-9(2)12(16)17-13-15(11)10(8)6-7-14(3,18-13)19-20-15/h19-27,29-33,35,41-43,45H,15-18H2,1-14H3;8-11,13H,4-7H2,1-3H3/t19-,20-,21+,22+,23-,24+,25+,26-,27+,29-,30+,31-,32+,33-,35+,36-,37-,38-;8-,9-,10+,11+,13-,14?,15-/m11/s1. The number of hydrogen-bond acceptors (Lipinski definition) is 19. The van der Waals surface area contributed by atoms with Crippen molar-refractivity contribution in [1.29, 1.82) is 0 Å². The molecule has 8 aliphatic rings. The monoisotopic (exact) mass is 1030 g/mol. The van der Waals surface area contributed by atoms with E-state index in [9.17, 15) is 34.8 Å². The maximum Gasteiger partial charge on any atom is 0.311 e. The Balaban J connectivity index is 0.000000346. The van der Waals surface area contributed by atoms with Gasteiger partial charge in [0.15, 0.2) is 18.2 Å². The van der Waals surface area contributed by atoms with E-state index >= 15 is 0 Å². The molecule has 0 amide bonds. The topological polar surface area (TPSA) is 237 Å². The van der Waals surface area contributed by atoms with E-state index in [1.807, 2.05) is 46.7 Å². The van der Waals surface area contributed by atoms with Crippen LogP contribution < -0.4 is 0 Å². The lowest BCUT2D eigenvalue weighted by atomic mass is 9.58. The summed E-state index contributed by atoms with van der Waals surface area (Å²) in [7, 11) is 6.77. The zero-order valence-corrected chi connectivity index (χ0v) is 46.2. The Bertz CT molecular complexity index is 1870. The lowest BCUT2D eigenvalue weighted by Crippen LogP contribution is -2.69. The van der Waals surface area contributed by atoms with Crippen molar-refractivity contribution < 1.29 is 87.2 Å². The molecule has 19 nitrogen and oxygen atoms in total. The van der Waals surface area contributed by atoms with Crippen molar-refractivity contribution in [2.24, 2.45) is 47.3 Å². The number of aliphatic hydroxyl groups is 4. The molecule has 0 aromatic heterocycles. The van der Waals surface area contributed by atoms with Gasteiger partial charge < -0.3 is 68.0 Å². The number of cyclic esters (lactones) is 1. The van der Waals surface area contributed by atoms with E-state index in [0.717, 1.165) is 25.7 Å². The number of carbonyl (C=O) groups excluding carboxylic acids is 3. The van der Waals surface area contributed by atoms with E-state index in [1.54, 1.807) is 48.5 Å². The van der Waals surface area contributed by atoms with Gasteiger partial charge in [-0.1, -0.05) is 41.5 Å². The number of rotatable bonds is 8. The van der Waals surface area contributed by atoms with Crippen LogP contribution in [0.3, 0.4) is 0 Å². The van der Waals surface area contributed by atoms with Crippen molar-refractivity contribution in [1.82, 2.24) is 4.90 Å². The first-order valence-electron chi connectivity index (χ1n) is 26.6. The van der Waals surface area contributed by atoms with Crippen LogP contribution in [-0.2, 0) is 66.8 Å². The minimum Gasteiger partial charge on any atom is -0.459 e. The van der Waals surface area contributed by atoms with Crippen LogP contribution >= 0.6 is 0 Å². The molecule has 72 heavy (non-hydrogen) atoms. The van der Waals surface area contributed by atoms with Crippen LogP contribution in [-0.4, -0.2) is 173 Å². The third-order valence-electron chi connectivity index (χ3n) is 18.2. The van der Waals surface area contributed by atoms with Gasteiger partial charge in [-0.3, -0.25) is 14.4 Å². The second-order valence-electron chi connectivity index (χ2n) is 23.8. The summed E-state index contributed by atoms with van der Waals surface area (Å²) in [5.74, 6) is -4.61. The largest absolute Gasteiger partial charge is 0.459 e. The van der Waals surface area contributed by atoms with Crippen molar-refractivity contribution in [2.75, 3.05) is 28.3 Å². The molecule has 8 rings (SSSR count). The smallest absolute Gasteiger partial charge is 0.311 e. The number of esters is 2. The van der Waals surface area contributed by atoms with Gasteiger partial charge in [-0.2, -0.15) is 0 Å². The quantitative estimate of drug-likeness (QED) is 0.188. The number of nitrogens with zero attached hydrogens (tertiary/aromatic N) is 1. The molecule has 0 radical (unpaired) electrons. The lowest BCUT2D eigenvalue weighted by molar-refractivity contribution is -0.559. The van der Waals surface area contributed by atoms with Gasteiger partial charge in [-0.25, -0.2) is 9.78 Å². The number of Topliss-reactive ketones (excluding diaryl/α,β-unsaturated/α-hetero) is 1. The predicted octanol–water partition coefficient (Wildman–Crippen LogP) is 4.83. The van der Waals surface area contributed by atoms with Crippen LogP contribution in [0.1, 0.15) is 141 Å². The van der Waals surface area contributed by atoms with E-state index < -0.39 is 119 Å². The minimum atomic E-state index is -1.96. The maximum atomic E-state index is 14.2. The zero-order valence-electron chi connectivity index (χ0n) is 46.2. The van der Waals surface area contributed by atoms with Crippen molar-refractivity contribution in [2.45, 2.75) is 243 Å². The number of fused-ring (bicyclic) bond motifs is 2. The summed E-state index contributed by atoms with van der Waals surface area (Å²) in [4.78, 5) is 53.7. The van der Waals surface area contributed by atoms with Gasteiger partial charge in [0.05, 0.1) is 53.6 Å². The highest BCUT2D eigenvalue weighted by Crippen LogP contribution is 2.60. The second-order valence-corrected chi connectivity index (χ2v) is 23.8. The first kappa shape index (κ1) is 59.3. The van der Waals surface area contributed by atoms with E-state index in [4.69, 9.17) is 52.4 Å². The third-order valence-corrected chi connectivity index (χ3v) is 18.2. The van der Waals surface area contributed by atoms with E-state index in [1.165, 1.54) is 21.1 Å². The Hall–Kier alpha value is -1.95. The zero-order chi connectivity index (χ0) is 53.8. The van der Waals surface area contributed by atoms with Crippen molar-refractivity contribution in [3.05, 3.63) is 0 Å². The van der Waals surface area contributed by atoms with Gasteiger partial charge in [0.1, 0.15) is 29.7 Å². The van der Waals surface area contributed by atoms with Crippen LogP contribution in [0, 0.1) is 47.3 Å². The highest BCUT2D eigenvalue weighted by Gasteiger charge is 2.70. The summed E-state index contributed by atoms with van der Waals surface area (Å²) < 4.78 is 55.5. The van der Waals surface area contributed by atoms with Crippen molar-refractivity contribution >= 4 is 17.7 Å². The number of carbonyl (C=O) groups is 3. The number of methoxy groups -OCH3 is 2. The highest BCUT2D eigenvalue weighted by atomic mass is 17.3. The van der Waals surface area contributed by atoms with E-state index in [2.05, 4.69) is 6.92 Å². The molecule has 1 saturated carbocycles. The first-order chi connectivity index (χ1) is 33.4. The average molecular weight is 1030 g/mol. The molecule has 416 valence electrons. The first-order valence-corrected chi connectivity index (χ1v) is 26.6. The molecular weight excluding hydrogens is 939 g/mol. The highest BCUT2D eigenvalue weighted by molar-refractivity contribution is 5.83. The number of likely N-dealkylation sites (N-methyl/N-ethyl adjacent to an activating group) is 1. The molecule has 19 heteroatoms. The molecule has 7 aliphatic heterocycles. The van der Waals surface area contributed by atoms with Crippen LogP contribution in [0.4, 0.5) is 0 Å². The molecule has 7 saturated heterocycles. The number of hydrogen-bond donors (Lipinski definition) is 4. The average Bonchev–Trinajstić information content (AvgIpc) is 3.57. The molecule has 2 bridgehead atoms. The number of aliphatic hydroxyl groups excluding tert-OH is 3. The normalized spacial score (nSPS) is 51.4. The molecule has 0 aromatic carbocycles. The summed E-state index contributed by atoms with van der Waals surface area (Å²) >= 11 is 0. The molecule has 8 fully saturated rings. The Morgan fingerprint density at radius 1 is 0.736 bits per heavy atom. The SMILES string of the molecule is CC[C@H]1OC(=O)[C@H](C)[C@@H](O[C@H]2C[C@@](C)(OC)[C@@H](O)[C@H](C)O2)[C@H](C)[C@@H](O[C@@H]2O[C@H](C)C[C@H](N(C)C)[C@H]2O)[C@](C)(OC)C[C@@H](C)C(=O)[C@H](C)[C@@H](O)[C@]1(C)O.C[C@@H]1CC[C@H]2[C@@H](C)C(=O)O[C@@H]3OC4(C)CC[C@@H]1[C@]32OO4. The Morgan fingerprint density at radius 2 is 1.38 bits per heavy atom. The predicted molar refractivity (Wildman–Crippen MR) is 259 cm³/mol. The van der Waals surface area contributed by atoms with E-state index in [0.29, 0.717) is 18.3 Å². The molecule has 1 spiro atoms. The molecule has 4 N–H and O–H groups in total. The minimum absolute atomic E-state index is 0.111. The summed E-state index contributed by atoms with van der Waals surface area (Å²) in [6.07, 6.45) is -5.49. The molecule has 25 atom stereocenters. The van der Waals surface area contributed by atoms with E-state index in [-0.39, 0.29) is 55.0 Å². The van der Waals surface area contributed by atoms with Gasteiger partial charge in [0, 0.05) is 62.7 Å². The Labute approximate surface area is 427 Å². The fourth-order valence-corrected chi connectivity index (χ4v) is 13.3. The number of ether oxygens (including phenoxy) is 9. The van der Waals surface area contributed by atoms with Crippen molar-refractivity contribution in [3.8, 4) is 0 Å². The Morgan fingerprint density at radius 3 is 1.99 bits per heavy atom. The third kappa shape index (κ3) is 11.2. The fraction of sp³-hybridized carbons (Fsp3) is 0.943. The van der Waals surface area contributed by atoms with Crippen LogP contribution in [0.2, 0.25) is 0 Å². The molecular formula is C53H91NO18. The van der Waals surface area contributed by atoms with Gasteiger partial charge in [0.25, 0.3) is 0 Å². The summed E-state index contributed by atoms with van der Waals surface area (Å²) in [6, 6.07) is -0.283. The Kier molecular flexibility index (Phi) is 18.6. The van der Waals surface area contributed by atoms with Gasteiger partial charge in [0.2, 0.25) is 12.1 Å². The second kappa shape index (κ2) is 22.6. The lowest BCUT2D eigenvalue weighted by Gasteiger charge is -2.57. The van der Waals surface area contributed by atoms with Crippen LogP contribution in [0.5, 0.6) is 0 Å².